The van der Waals surface area contributed by atoms with Crippen molar-refractivity contribution < 1.29 is 9.53 Å². The van der Waals surface area contributed by atoms with Crippen LogP contribution >= 0.6 is 23.2 Å². The lowest BCUT2D eigenvalue weighted by Crippen LogP contribution is -2.28. The number of anilines is 1. The van der Waals surface area contributed by atoms with E-state index in [-0.39, 0.29) is 16.0 Å². The number of amides is 1. The normalized spacial score (nSPS) is 11.4. The van der Waals surface area contributed by atoms with Crippen LogP contribution in [-0.2, 0) is 13.6 Å². The fraction of sp³-hybridized carbons (Fsp3) is 0.267. The highest BCUT2D eigenvalue weighted by molar-refractivity contribution is 6.39. The SMILES string of the molecule is COc1nc(-c2cccc(-c3cccc(NC(=O)c4ccnn(C)c4=O)c3Cl)c2Cl)ccc1CNCC(C)(C)C. The molecule has 0 saturated carbocycles. The van der Waals surface area contributed by atoms with Gasteiger partial charge in [-0.15, -0.1) is 0 Å². The number of nitrogens with one attached hydrogen (secondary N) is 2. The fourth-order valence-corrected chi connectivity index (χ4v) is 4.75. The van der Waals surface area contributed by atoms with Crippen molar-refractivity contribution >= 4 is 34.8 Å². The molecule has 0 saturated heterocycles. The second kappa shape index (κ2) is 12.2. The van der Waals surface area contributed by atoms with E-state index in [1.54, 1.807) is 19.2 Å². The summed E-state index contributed by atoms with van der Waals surface area (Å²) in [6.45, 7) is 8.00. The number of benzene rings is 2. The Morgan fingerprint density at radius 3 is 2.35 bits per heavy atom. The van der Waals surface area contributed by atoms with Crippen molar-refractivity contribution in [2.24, 2.45) is 12.5 Å². The van der Waals surface area contributed by atoms with Gasteiger partial charge >= 0.3 is 0 Å². The van der Waals surface area contributed by atoms with Crippen LogP contribution in [0.3, 0.4) is 0 Å². The first-order valence-electron chi connectivity index (χ1n) is 12.7. The Balaban J connectivity index is 1.64. The van der Waals surface area contributed by atoms with Crippen LogP contribution in [0.4, 0.5) is 5.69 Å². The van der Waals surface area contributed by atoms with E-state index in [9.17, 15) is 9.59 Å². The van der Waals surface area contributed by atoms with E-state index >= 15 is 0 Å². The molecule has 2 N–H and O–H groups in total. The zero-order valence-electron chi connectivity index (χ0n) is 23.0. The van der Waals surface area contributed by atoms with Crippen LogP contribution in [0.2, 0.25) is 10.0 Å². The van der Waals surface area contributed by atoms with E-state index < -0.39 is 11.5 Å². The maximum atomic E-state index is 12.8. The molecule has 0 fully saturated rings. The van der Waals surface area contributed by atoms with Gasteiger partial charge in [0.25, 0.3) is 11.5 Å². The van der Waals surface area contributed by atoms with E-state index in [2.05, 4.69) is 36.5 Å². The molecule has 10 heteroatoms. The Kier molecular flexibility index (Phi) is 8.93. The van der Waals surface area contributed by atoms with Gasteiger partial charge in [-0.2, -0.15) is 5.10 Å². The molecular weight excluding hydrogens is 549 g/mol. The predicted octanol–water partition coefficient (Wildman–Crippen LogP) is 6.21. The number of ether oxygens (including phenoxy) is 1. The summed E-state index contributed by atoms with van der Waals surface area (Å²) in [5.41, 5.74) is 3.52. The number of hydrogen-bond acceptors (Lipinski definition) is 6. The van der Waals surface area contributed by atoms with Crippen molar-refractivity contribution in [3.63, 3.8) is 0 Å². The summed E-state index contributed by atoms with van der Waals surface area (Å²) < 4.78 is 6.68. The van der Waals surface area contributed by atoms with Crippen LogP contribution in [0.1, 0.15) is 36.7 Å². The predicted molar refractivity (Wildman–Crippen MR) is 160 cm³/mol. The molecule has 0 bridgehead atoms. The number of halogens is 2. The zero-order valence-corrected chi connectivity index (χ0v) is 24.5. The lowest BCUT2D eigenvalue weighted by atomic mass is 9.97. The molecule has 0 aliphatic rings. The van der Waals surface area contributed by atoms with Crippen LogP contribution < -0.4 is 20.9 Å². The number of nitrogens with zero attached hydrogens (tertiary/aromatic N) is 3. The minimum absolute atomic E-state index is 0.0453. The summed E-state index contributed by atoms with van der Waals surface area (Å²) in [6.07, 6.45) is 1.39. The molecule has 2 aromatic heterocycles. The van der Waals surface area contributed by atoms with Gasteiger partial charge in [-0.1, -0.05) is 80.4 Å². The van der Waals surface area contributed by atoms with Crippen molar-refractivity contribution in [2.45, 2.75) is 27.3 Å². The third-order valence-electron chi connectivity index (χ3n) is 6.17. The highest BCUT2D eigenvalue weighted by Crippen LogP contribution is 2.41. The molecule has 0 aliphatic carbocycles. The van der Waals surface area contributed by atoms with E-state index in [4.69, 9.17) is 32.9 Å². The minimum Gasteiger partial charge on any atom is -0.481 e. The Morgan fingerprint density at radius 1 is 0.975 bits per heavy atom. The number of hydrogen-bond donors (Lipinski definition) is 2. The van der Waals surface area contributed by atoms with Crippen molar-refractivity contribution in [3.8, 4) is 28.3 Å². The Hall–Kier alpha value is -3.72. The Labute approximate surface area is 243 Å². The quantitative estimate of drug-likeness (QED) is 0.257. The highest BCUT2D eigenvalue weighted by atomic mass is 35.5. The zero-order chi connectivity index (χ0) is 29.0. The number of rotatable bonds is 8. The lowest BCUT2D eigenvalue weighted by molar-refractivity contribution is 0.102. The molecule has 2 heterocycles. The summed E-state index contributed by atoms with van der Waals surface area (Å²) >= 11 is 13.7. The third kappa shape index (κ3) is 6.53. The van der Waals surface area contributed by atoms with Crippen molar-refractivity contribution in [2.75, 3.05) is 19.0 Å². The molecule has 208 valence electrons. The Morgan fingerprint density at radius 2 is 1.65 bits per heavy atom. The maximum absolute atomic E-state index is 12.8. The molecule has 4 aromatic rings. The molecule has 40 heavy (non-hydrogen) atoms. The number of carbonyl (C=O) groups is 1. The van der Waals surface area contributed by atoms with Crippen molar-refractivity contribution in [3.05, 3.63) is 92.3 Å². The summed E-state index contributed by atoms with van der Waals surface area (Å²) in [4.78, 5) is 29.9. The number of pyridine rings is 1. The van der Waals surface area contributed by atoms with E-state index in [0.717, 1.165) is 16.8 Å². The van der Waals surface area contributed by atoms with Crippen LogP contribution in [0.15, 0.2) is 65.6 Å². The molecular formula is C30H31Cl2N5O3. The summed E-state index contributed by atoms with van der Waals surface area (Å²) in [7, 11) is 3.07. The molecule has 0 aliphatic heterocycles. The number of methoxy groups -OCH3 is 1. The van der Waals surface area contributed by atoms with Gasteiger partial charge in [0, 0.05) is 48.6 Å². The average Bonchev–Trinajstić information content (AvgIpc) is 2.91. The number of carbonyl (C=O) groups excluding carboxylic acids is 1. The minimum atomic E-state index is -0.588. The highest BCUT2D eigenvalue weighted by Gasteiger charge is 2.19. The third-order valence-corrected chi connectivity index (χ3v) is 6.98. The second-order valence-electron chi connectivity index (χ2n) is 10.5. The van der Waals surface area contributed by atoms with Crippen LogP contribution in [-0.4, -0.2) is 34.3 Å². The monoisotopic (exact) mass is 579 g/mol. The van der Waals surface area contributed by atoms with Gasteiger partial charge in [0.2, 0.25) is 5.88 Å². The van der Waals surface area contributed by atoms with Crippen LogP contribution in [0.25, 0.3) is 22.4 Å². The summed E-state index contributed by atoms with van der Waals surface area (Å²) in [5.74, 6) is -0.0688. The van der Waals surface area contributed by atoms with Crippen molar-refractivity contribution in [1.29, 1.82) is 0 Å². The summed E-state index contributed by atoms with van der Waals surface area (Å²) in [5, 5.41) is 10.8. The maximum Gasteiger partial charge on any atom is 0.279 e. The molecule has 8 nitrogen and oxygen atoms in total. The molecule has 0 radical (unpaired) electrons. The van der Waals surface area contributed by atoms with E-state index in [1.165, 1.54) is 19.3 Å². The fourth-order valence-electron chi connectivity index (χ4n) is 4.15. The van der Waals surface area contributed by atoms with Crippen LogP contribution in [0.5, 0.6) is 5.88 Å². The molecule has 0 spiro atoms. The van der Waals surface area contributed by atoms with Gasteiger partial charge in [-0.05, 0) is 23.6 Å². The van der Waals surface area contributed by atoms with Gasteiger partial charge in [-0.3, -0.25) is 9.59 Å². The first kappa shape index (κ1) is 29.3. The molecule has 1 amide bonds. The van der Waals surface area contributed by atoms with Gasteiger partial charge in [-0.25, -0.2) is 9.67 Å². The van der Waals surface area contributed by atoms with Gasteiger partial charge < -0.3 is 15.4 Å². The average molecular weight is 581 g/mol. The van der Waals surface area contributed by atoms with Crippen molar-refractivity contribution in [1.82, 2.24) is 20.1 Å². The summed E-state index contributed by atoms with van der Waals surface area (Å²) in [6, 6.07) is 16.1. The van der Waals surface area contributed by atoms with Gasteiger partial charge in [0.1, 0.15) is 5.56 Å². The van der Waals surface area contributed by atoms with E-state index in [1.807, 2.05) is 36.4 Å². The largest absolute Gasteiger partial charge is 0.481 e. The smallest absolute Gasteiger partial charge is 0.279 e. The lowest BCUT2D eigenvalue weighted by Gasteiger charge is -2.19. The first-order chi connectivity index (χ1) is 19.0. The second-order valence-corrected chi connectivity index (χ2v) is 11.2. The molecule has 0 atom stereocenters. The number of aryl methyl sites for hydroxylation is 1. The Bertz CT molecular complexity index is 1610. The van der Waals surface area contributed by atoms with Gasteiger partial charge in [0.15, 0.2) is 0 Å². The first-order valence-corrected chi connectivity index (χ1v) is 13.4. The number of aromatic nitrogens is 3. The van der Waals surface area contributed by atoms with Crippen LogP contribution in [0, 0.1) is 5.41 Å². The topological polar surface area (TPSA) is 98.1 Å². The molecule has 4 rings (SSSR count). The molecule has 2 aromatic carbocycles. The molecule has 0 unspecified atom stereocenters. The van der Waals surface area contributed by atoms with Gasteiger partial charge in [0.05, 0.1) is 28.5 Å². The standard InChI is InChI=1S/C30H31Cl2N5O3/c1-30(2,3)17-33-16-18-12-13-23(36-28(18)40-5)21-10-6-8-19(25(21)31)20-9-7-11-24(26(20)32)35-27(38)22-14-15-34-37(4)29(22)39/h6-15,33H,16-17H2,1-5H3,(H,35,38). The van der Waals surface area contributed by atoms with E-state index in [0.29, 0.717) is 45.5 Å².